The second kappa shape index (κ2) is 18.8. The first kappa shape index (κ1) is 38.2. The third kappa shape index (κ3) is 9.50. The third-order valence-electron chi connectivity index (χ3n) is 7.77. The average molecular weight is 626 g/mol. The van der Waals surface area contributed by atoms with Gasteiger partial charge in [-0.15, -0.1) is 0 Å². The molecule has 238 valence electrons. The number of aliphatic hydroxyl groups is 4. The number of fused-ring (bicyclic) bond motifs is 1. The Morgan fingerprint density at radius 2 is 1.70 bits per heavy atom. The van der Waals surface area contributed by atoms with Crippen molar-refractivity contribution in [3.63, 3.8) is 0 Å². The van der Waals surface area contributed by atoms with Crippen molar-refractivity contribution in [3.05, 3.63) is 54.0 Å². The molecule has 0 aliphatic carbocycles. The zero-order valence-corrected chi connectivity index (χ0v) is 28.2. The van der Waals surface area contributed by atoms with E-state index in [-0.39, 0.29) is 47.5 Å². The number of aliphatic hydroxyl groups excluding tert-OH is 4. The van der Waals surface area contributed by atoms with E-state index in [1.807, 2.05) is 0 Å². The number of nitrogens with one attached hydrogen (secondary N) is 1. The number of hydrogen-bond acceptors (Lipinski definition) is 12. The van der Waals surface area contributed by atoms with Crippen molar-refractivity contribution < 1.29 is 69.4 Å². The number of aryl methyl sites for hydroxylation is 1. The minimum Gasteiger partial charge on any atom is -0.857 e. The van der Waals surface area contributed by atoms with Gasteiger partial charge < -0.3 is 49.8 Å². The zero-order valence-electron chi connectivity index (χ0n) is 26.2. The molecule has 2 aliphatic rings. The van der Waals surface area contributed by atoms with Gasteiger partial charge >= 0.3 is 29.6 Å². The van der Waals surface area contributed by atoms with E-state index in [0.717, 1.165) is 53.2 Å². The van der Waals surface area contributed by atoms with Crippen LogP contribution in [0.3, 0.4) is 0 Å². The minimum atomic E-state index is -1.46. The van der Waals surface area contributed by atoms with Gasteiger partial charge in [-0.3, -0.25) is 4.79 Å². The largest absolute Gasteiger partial charge is 1.00 e. The first-order valence-electron chi connectivity index (χ1n) is 14.3. The van der Waals surface area contributed by atoms with Crippen LogP contribution in [-0.2, 0) is 23.1 Å². The van der Waals surface area contributed by atoms with Crippen LogP contribution in [0.2, 0.25) is 0 Å². The maximum atomic E-state index is 12.6. The second-order valence-corrected chi connectivity index (χ2v) is 10.5. The van der Waals surface area contributed by atoms with E-state index >= 15 is 0 Å². The first-order chi connectivity index (χ1) is 20.8. The Kier molecular flexibility index (Phi) is 16.3. The molecule has 2 aliphatic heterocycles. The number of Topliss-reactive ketones (excluding diaryl/α,β-unsaturated/α-hetero) is 1. The van der Waals surface area contributed by atoms with Crippen LogP contribution in [0.4, 0.5) is 5.95 Å². The van der Waals surface area contributed by atoms with Crippen molar-refractivity contribution in [2.75, 3.05) is 45.4 Å². The second-order valence-electron chi connectivity index (χ2n) is 10.5. The molecule has 2 aromatic heterocycles. The van der Waals surface area contributed by atoms with Gasteiger partial charge in [-0.05, 0) is 43.9 Å². The van der Waals surface area contributed by atoms with Gasteiger partial charge in [0, 0.05) is 63.3 Å². The molecule has 0 unspecified atom stereocenters. The Morgan fingerprint density at radius 1 is 1.07 bits per heavy atom. The van der Waals surface area contributed by atoms with Crippen molar-refractivity contribution in [1.82, 2.24) is 19.9 Å². The summed E-state index contributed by atoms with van der Waals surface area (Å²) in [5.41, 5.74) is 2.84. The molecule has 44 heavy (non-hydrogen) atoms. The number of anilines is 1. The van der Waals surface area contributed by atoms with E-state index in [4.69, 9.17) is 19.7 Å². The van der Waals surface area contributed by atoms with Crippen LogP contribution in [-0.4, -0.2) is 112 Å². The number of carbonyl (C=O) groups is 1. The normalized spacial score (nSPS) is 23.6. The number of para-hydroxylation sites is 1. The summed E-state index contributed by atoms with van der Waals surface area (Å²) >= 11 is 0. The average Bonchev–Trinajstić information content (AvgIpc) is 3.38. The summed E-state index contributed by atoms with van der Waals surface area (Å²) in [5.74, 6) is 0.794. The molecule has 0 spiro atoms. The molecule has 14 heteroatoms. The quantitative estimate of drug-likeness (QED) is 0.117. The standard InChI is InChI=1S/C28H37N5O6.CH4O.CH3O.Na/c1-17-24(35)25(36)26(37)27(39-17)38-16-23(34)19-13-30-28(31-14-19)33-9-7-18(8-10-33)11-29-12-20-15-32(2)22-6-4-3-5-21(20)22;2*1-2;/h3-6,13-15,17-18,24-27,29,35-37H,7-12,16H2,1-2H3;2H,1H3;1H3;/q;;-1;+1/t17-,24+,25+,26-,27+;;;/m0.../s1. The van der Waals surface area contributed by atoms with Crippen molar-refractivity contribution in [2.24, 2.45) is 13.0 Å². The fourth-order valence-electron chi connectivity index (χ4n) is 5.34. The Hall–Kier alpha value is -2.01. The molecule has 1 aromatic carbocycles. The van der Waals surface area contributed by atoms with Crippen LogP contribution in [0.1, 0.15) is 35.7 Å². The summed E-state index contributed by atoms with van der Waals surface area (Å²) in [4.78, 5) is 23.5. The van der Waals surface area contributed by atoms with Gasteiger partial charge in [0.15, 0.2) is 12.1 Å². The number of rotatable bonds is 9. The number of ketones is 1. The summed E-state index contributed by atoms with van der Waals surface area (Å²) in [7, 11) is 3.83. The monoisotopic (exact) mass is 625 g/mol. The number of aromatic nitrogens is 3. The SMILES string of the molecule is CO.C[C@@H]1O[C@@H](OCC(=O)c2cnc(N3CCC(CNCc4cn(C)c5ccccc45)CC3)nc2)[C@@H](O)[C@H](O)[C@@H]1O.C[O-].[Na+]. The molecule has 5 N–H and O–H groups in total. The fourth-order valence-corrected chi connectivity index (χ4v) is 5.34. The smallest absolute Gasteiger partial charge is 0.857 e. The Bertz CT molecular complexity index is 1270. The molecule has 2 fully saturated rings. The molecule has 4 heterocycles. The first-order valence-corrected chi connectivity index (χ1v) is 14.3. The van der Waals surface area contributed by atoms with E-state index in [1.54, 1.807) is 6.92 Å². The molecule has 5 atom stereocenters. The van der Waals surface area contributed by atoms with Gasteiger partial charge in [-0.25, -0.2) is 9.97 Å². The summed E-state index contributed by atoms with van der Waals surface area (Å²) in [6, 6.07) is 8.46. The van der Waals surface area contributed by atoms with E-state index in [0.29, 0.717) is 11.9 Å². The molecule has 0 amide bonds. The molecule has 3 aromatic rings. The summed E-state index contributed by atoms with van der Waals surface area (Å²) in [6.45, 7) is 4.67. The van der Waals surface area contributed by atoms with Crippen LogP contribution < -0.4 is 44.9 Å². The van der Waals surface area contributed by atoms with E-state index in [2.05, 4.69) is 62.3 Å². The summed E-state index contributed by atoms with van der Waals surface area (Å²) in [5, 5.41) is 49.9. The molecule has 0 saturated carbocycles. The van der Waals surface area contributed by atoms with Gasteiger partial charge in [0.1, 0.15) is 24.9 Å². The fraction of sp³-hybridized carbons (Fsp3) is 0.567. The number of carbonyl (C=O) groups excluding carboxylic acids is 1. The van der Waals surface area contributed by atoms with Gasteiger partial charge in [0.25, 0.3) is 0 Å². The predicted octanol–water partition coefficient (Wildman–Crippen LogP) is -3.41. The third-order valence-corrected chi connectivity index (χ3v) is 7.77. The number of nitrogens with zero attached hydrogens (tertiary/aromatic N) is 4. The summed E-state index contributed by atoms with van der Waals surface area (Å²) in [6.07, 6.45) is 1.15. The Balaban J connectivity index is 0.00000130. The molecule has 2 saturated heterocycles. The zero-order chi connectivity index (χ0) is 31.5. The topological polar surface area (TPSA) is 185 Å². The molecular weight excluding hydrogens is 581 g/mol. The van der Waals surface area contributed by atoms with Gasteiger partial charge in [-0.1, -0.05) is 18.2 Å². The summed E-state index contributed by atoms with van der Waals surface area (Å²) < 4.78 is 12.9. The van der Waals surface area contributed by atoms with E-state index in [1.165, 1.54) is 28.9 Å². The molecule has 0 radical (unpaired) electrons. The number of piperidine rings is 1. The minimum absolute atomic E-state index is 0. The van der Waals surface area contributed by atoms with Gasteiger partial charge in [-0.2, -0.15) is 7.11 Å². The maximum absolute atomic E-state index is 12.6. The van der Waals surface area contributed by atoms with Crippen LogP contribution in [0.5, 0.6) is 0 Å². The van der Waals surface area contributed by atoms with Gasteiger partial charge in [0.05, 0.1) is 11.7 Å². The van der Waals surface area contributed by atoms with Crippen molar-refractivity contribution >= 4 is 22.6 Å². The van der Waals surface area contributed by atoms with Crippen LogP contribution in [0.25, 0.3) is 10.9 Å². The number of hydrogen-bond donors (Lipinski definition) is 5. The van der Waals surface area contributed by atoms with Crippen LogP contribution in [0.15, 0.2) is 42.9 Å². The Labute approximate surface area is 280 Å². The van der Waals surface area contributed by atoms with Crippen molar-refractivity contribution in [3.8, 4) is 0 Å². The molecule has 13 nitrogen and oxygen atoms in total. The van der Waals surface area contributed by atoms with Crippen molar-refractivity contribution in [2.45, 2.75) is 57.0 Å². The van der Waals surface area contributed by atoms with Gasteiger partial charge in [0.2, 0.25) is 5.95 Å². The maximum Gasteiger partial charge on any atom is 1.00 e. The molecular formula is C30H44N5NaO8. The van der Waals surface area contributed by atoms with Crippen molar-refractivity contribution in [1.29, 1.82) is 0 Å². The van der Waals surface area contributed by atoms with E-state index < -0.39 is 30.7 Å². The predicted molar refractivity (Wildman–Crippen MR) is 158 cm³/mol. The number of benzene rings is 1. The van der Waals surface area contributed by atoms with Crippen LogP contribution >= 0.6 is 0 Å². The molecule has 5 rings (SSSR count). The van der Waals surface area contributed by atoms with E-state index in [9.17, 15) is 20.1 Å². The number of ether oxygens (including phenoxy) is 2. The molecule has 0 bridgehead atoms. The van der Waals surface area contributed by atoms with Crippen LogP contribution in [0, 0.1) is 5.92 Å². The Morgan fingerprint density at radius 3 is 2.36 bits per heavy atom.